The molecule has 0 bridgehead atoms. The van der Waals surface area contributed by atoms with Crippen LogP contribution in [0, 0.1) is 0 Å². The summed E-state index contributed by atoms with van der Waals surface area (Å²) in [4.78, 5) is 2.29. The van der Waals surface area contributed by atoms with Gasteiger partial charge in [-0.15, -0.1) is 38.0 Å². The molecule has 0 amide bonds. The highest BCUT2D eigenvalue weighted by atomic mass is 79.9. The summed E-state index contributed by atoms with van der Waals surface area (Å²) in [6.45, 7) is 3.48. The van der Waals surface area contributed by atoms with E-state index in [1.807, 2.05) is 12.1 Å². The van der Waals surface area contributed by atoms with Crippen molar-refractivity contribution < 1.29 is 27.4 Å². The Morgan fingerprint density at radius 3 is 2.20 bits per heavy atom. The lowest BCUT2D eigenvalue weighted by molar-refractivity contribution is -0.274. The van der Waals surface area contributed by atoms with Crippen LogP contribution in [0.4, 0.5) is 13.2 Å². The molecule has 0 spiro atoms. The monoisotopic (exact) mass is 530 g/mol. The Labute approximate surface area is 192 Å². The van der Waals surface area contributed by atoms with Crippen LogP contribution in [0.15, 0.2) is 40.9 Å². The van der Waals surface area contributed by atoms with Gasteiger partial charge in [0.05, 0.1) is 6.04 Å². The highest BCUT2D eigenvalue weighted by Gasteiger charge is 2.32. The van der Waals surface area contributed by atoms with Gasteiger partial charge in [0.1, 0.15) is 5.75 Å². The van der Waals surface area contributed by atoms with Gasteiger partial charge in [-0.3, -0.25) is 4.90 Å². The van der Waals surface area contributed by atoms with Crippen LogP contribution in [0.25, 0.3) is 0 Å². The molecule has 0 unspecified atom stereocenters. The van der Waals surface area contributed by atoms with Gasteiger partial charge in [-0.25, -0.2) is 0 Å². The second-order valence-electron chi connectivity index (χ2n) is 6.53. The van der Waals surface area contributed by atoms with E-state index in [4.69, 9.17) is 9.47 Å². The molecule has 0 radical (unpaired) electrons. The Hall–Kier alpha value is -1.39. The molecule has 1 atom stereocenters. The van der Waals surface area contributed by atoms with Gasteiger partial charge in [0.25, 0.3) is 0 Å². The molecule has 2 aliphatic heterocycles. The lowest BCUT2D eigenvalue weighted by Crippen LogP contribution is -2.45. The molecule has 1 saturated heterocycles. The number of nitrogens with zero attached hydrogens (tertiary/aromatic N) is 1. The minimum atomic E-state index is -4.71. The summed E-state index contributed by atoms with van der Waals surface area (Å²) in [7, 11) is 0. The van der Waals surface area contributed by atoms with Crippen molar-refractivity contribution in [2.45, 2.75) is 12.4 Å². The zero-order chi connectivity index (χ0) is 19.7. The Morgan fingerprint density at radius 1 is 1.00 bits per heavy atom. The molecule has 4 rings (SSSR count). The van der Waals surface area contributed by atoms with Crippen molar-refractivity contribution in [3.05, 3.63) is 52.0 Å². The molecule has 2 aromatic rings. The highest BCUT2D eigenvalue weighted by molar-refractivity contribution is 9.10. The SMILES string of the molecule is Cl.Cl.FC(F)(F)Oc1ccc([C@@H](c2cc3c(cc2Br)OCO3)N2CCNCC2)cc1. The molecule has 30 heavy (non-hydrogen) atoms. The molecule has 0 saturated carbocycles. The molecule has 1 fully saturated rings. The number of nitrogens with one attached hydrogen (secondary N) is 1. The van der Waals surface area contributed by atoms with Crippen LogP contribution in [-0.2, 0) is 0 Å². The van der Waals surface area contributed by atoms with Crippen molar-refractivity contribution in [1.29, 1.82) is 0 Å². The molecule has 2 aliphatic rings. The lowest BCUT2D eigenvalue weighted by atomic mass is 9.96. The molecular formula is C19H20BrCl2F3N2O3. The minimum absolute atomic E-state index is 0. The molecule has 2 heterocycles. The Bertz CT molecular complexity index is 850. The number of ether oxygens (including phenoxy) is 3. The van der Waals surface area contributed by atoms with Crippen LogP contribution < -0.4 is 19.5 Å². The topological polar surface area (TPSA) is 43.0 Å². The second-order valence-corrected chi connectivity index (χ2v) is 7.39. The summed E-state index contributed by atoms with van der Waals surface area (Å²) in [5.41, 5.74) is 1.84. The maximum absolute atomic E-state index is 12.5. The summed E-state index contributed by atoms with van der Waals surface area (Å²) in [6, 6.07) is 9.69. The quantitative estimate of drug-likeness (QED) is 0.607. The number of hydrogen-bond donors (Lipinski definition) is 1. The van der Waals surface area contributed by atoms with E-state index in [0.29, 0.717) is 11.5 Å². The summed E-state index contributed by atoms with van der Waals surface area (Å²) < 4.78 is 53.2. The van der Waals surface area contributed by atoms with Crippen molar-refractivity contribution in [1.82, 2.24) is 10.2 Å². The number of benzene rings is 2. The predicted molar refractivity (Wildman–Crippen MR) is 114 cm³/mol. The molecule has 5 nitrogen and oxygen atoms in total. The second kappa shape index (κ2) is 10.3. The largest absolute Gasteiger partial charge is 0.573 e. The number of piperazine rings is 1. The van der Waals surface area contributed by atoms with Crippen LogP contribution >= 0.6 is 40.7 Å². The first-order valence-electron chi connectivity index (χ1n) is 8.80. The van der Waals surface area contributed by atoms with Gasteiger partial charge >= 0.3 is 6.36 Å². The maximum atomic E-state index is 12.5. The van der Waals surface area contributed by atoms with E-state index in [1.165, 1.54) is 12.1 Å². The Morgan fingerprint density at radius 2 is 1.60 bits per heavy atom. The van der Waals surface area contributed by atoms with Gasteiger partial charge < -0.3 is 19.5 Å². The summed E-state index contributed by atoms with van der Waals surface area (Å²) in [5.74, 6) is 1.10. The highest BCUT2D eigenvalue weighted by Crippen LogP contribution is 2.42. The average molecular weight is 532 g/mol. The number of rotatable bonds is 4. The van der Waals surface area contributed by atoms with Crippen LogP contribution in [0.5, 0.6) is 17.2 Å². The molecule has 2 aromatic carbocycles. The van der Waals surface area contributed by atoms with Crippen molar-refractivity contribution in [2.24, 2.45) is 0 Å². The standard InChI is InChI=1S/C19H18BrF3N2O3.2ClH/c20-15-10-17-16(26-11-27-17)9-14(15)18(25-7-5-24-6-8-25)12-1-3-13(4-2-12)28-19(21,22)23;;/h1-4,9-10,18,24H,5-8,11H2;2*1H/t18-;;/m0../s1. The summed E-state index contributed by atoms with van der Waals surface area (Å²) in [6.07, 6.45) is -4.71. The summed E-state index contributed by atoms with van der Waals surface area (Å²) in [5, 5.41) is 3.32. The van der Waals surface area contributed by atoms with Gasteiger partial charge in [0.2, 0.25) is 6.79 Å². The molecule has 1 N–H and O–H groups in total. The smallest absolute Gasteiger partial charge is 0.454 e. The van der Waals surface area contributed by atoms with Crippen LogP contribution in [-0.4, -0.2) is 44.2 Å². The van der Waals surface area contributed by atoms with E-state index in [1.54, 1.807) is 12.1 Å². The molecule has 0 aliphatic carbocycles. The first kappa shape index (κ1) is 24.9. The number of fused-ring (bicyclic) bond motifs is 1. The van der Waals surface area contributed by atoms with Crippen LogP contribution in [0.1, 0.15) is 17.2 Å². The van der Waals surface area contributed by atoms with E-state index in [2.05, 4.69) is 30.9 Å². The third-order valence-corrected chi connectivity index (χ3v) is 5.42. The fourth-order valence-corrected chi connectivity index (χ4v) is 4.06. The minimum Gasteiger partial charge on any atom is -0.454 e. The van der Waals surface area contributed by atoms with Gasteiger partial charge in [-0.05, 0) is 35.4 Å². The number of halogens is 6. The normalized spacial score (nSPS) is 16.9. The van der Waals surface area contributed by atoms with Crippen molar-refractivity contribution in [2.75, 3.05) is 33.0 Å². The molecular weight excluding hydrogens is 512 g/mol. The van der Waals surface area contributed by atoms with Crippen molar-refractivity contribution in [3.8, 4) is 17.2 Å². The fourth-order valence-electron chi connectivity index (χ4n) is 3.52. The lowest BCUT2D eigenvalue weighted by Gasteiger charge is -2.36. The third-order valence-electron chi connectivity index (χ3n) is 4.73. The number of alkyl halides is 3. The molecule has 166 valence electrons. The van der Waals surface area contributed by atoms with E-state index >= 15 is 0 Å². The zero-order valence-electron chi connectivity index (χ0n) is 15.6. The Kier molecular flexibility index (Phi) is 8.52. The fraction of sp³-hybridized carbons (Fsp3) is 0.368. The van der Waals surface area contributed by atoms with Crippen molar-refractivity contribution in [3.63, 3.8) is 0 Å². The average Bonchev–Trinajstić information content (AvgIpc) is 3.10. The molecule has 11 heteroatoms. The first-order chi connectivity index (χ1) is 13.4. The predicted octanol–water partition coefficient (Wildman–Crippen LogP) is 4.91. The summed E-state index contributed by atoms with van der Waals surface area (Å²) >= 11 is 3.62. The van der Waals surface area contributed by atoms with E-state index in [9.17, 15) is 13.2 Å². The van der Waals surface area contributed by atoms with E-state index in [-0.39, 0.29) is 43.4 Å². The number of hydrogen-bond acceptors (Lipinski definition) is 5. The van der Waals surface area contributed by atoms with Crippen molar-refractivity contribution >= 4 is 40.7 Å². The van der Waals surface area contributed by atoms with E-state index in [0.717, 1.165) is 41.8 Å². The maximum Gasteiger partial charge on any atom is 0.573 e. The van der Waals surface area contributed by atoms with E-state index < -0.39 is 6.36 Å². The van der Waals surface area contributed by atoms with Gasteiger partial charge in [0.15, 0.2) is 11.5 Å². The zero-order valence-corrected chi connectivity index (χ0v) is 18.8. The van der Waals surface area contributed by atoms with Crippen LogP contribution in [0.2, 0.25) is 0 Å². The van der Waals surface area contributed by atoms with Gasteiger partial charge in [-0.2, -0.15) is 0 Å². The molecule has 0 aromatic heterocycles. The first-order valence-corrected chi connectivity index (χ1v) is 9.59. The Balaban J connectivity index is 0.00000160. The van der Waals surface area contributed by atoms with Gasteiger partial charge in [0, 0.05) is 30.7 Å². The van der Waals surface area contributed by atoms with Crippen LogP contribution in [0.3, 0.4) is 0 Å². The third kappa shape index (κ3) is 5.64. The van der Waals surface area contributed by atoms with Gasteiger partial charge in [-0.1, -0.05) is 28.1 Å².